The molecule has 0 unspecified atom stereocenters. The van der Waals surface area contributed by atoms with E-state index in [4.69, 9.17) is 9.92 Å². The topological polar surface area (TPSA) is 33.5 Å². The number of para-hydroxylation sites is 3. The lowest BCUT2D eigenvalue weighted by Gasteiger charge is -2.37. The minimum atomic E-state index is -0.751. The number of aromatic nitrogens is 2. The van der Waals surface area contributed by atoms with E-state index < -0.39 is 5.41 Å². The van der Waals surface area contributed by atoms with Crippen LogP contribution in [0.2, 0.25) is 0 Å². The molecule has 2 aromatic heterocycles. The molecule has 12 rings (SSSR count). The third kappa shape index (κ3) is 6.78. The highest BCUT2D eigenvalue weighted by Crippen LogP contribution is 2.50. The van der Waals surface area contributed by atoms with Crippen LogP contribution >= 0.6 is 0 Å². The molecule has 326 valence electrons. The Hall–Kier alpha value is -8.51. The molecule has 0 amide bonds. The number of anilines is 3. The monoisotopic (exact) mass is 876 g/mol. The minimum absolute atomic E-state index is 0.134. The Balaban J connectivity index is 1.10. The van der Waals surface area contributed by atoms with Gasteiger partial charge in [-0.3, -0.25) is 4.57 Å². The maximum absolute atomic E-state index is 6.68. The standard InChI is InChI=1S/C63H48N4O/c1-44(2)66-58-35-17-18-36-59(58)67(68-66)52-30-19-29-50(42-52)63(48-25-11-5-12-26-48,49-27-13-6-14-28-49)51-37-38-56-55-31-15-16-34-57(55)65(60(56)43-51)61-41-47(39-40-64-61)62-53(45-21-7-3-8-22-45)32-20-33-54(62)46-23-9-4-10-24-46/h3-44H,1-2H3. The molecule has 9 aromatic carbocycles. The number of pyridine rings is 1. The summed E-state index contributed by atoms with van der Waals surface area (Å²) in [5, 5.41) is 6.29. The van der Waals surface area contributed by atoms with Gasteiger partial charge in [0, 0.05) is 17.0 Å². The zero-order valence-electron chi connectivity index (χ0n) is 37.9. The molecule has 0 saturated carbocycles. The Morgan fingerprint density at radius 2 is 0.971 bits per heavy atom. The average Bonchev–Trinajstić information content (AvgIpc) is 3.97. The molecule has 0 bridgehead atoms. The average molecular weight is 877 g/mol. The predicted molar refractivity (Wildman–Crippen MR) is 280 cm³/mol. The lowest BCUT2D eigenvalue weighted by molar-refractivity contribution is 0.112. The first-order valence-electron chi connectivity index (χ1n) is 23.4. The summed E-state index contributed by atoms with van der Waals surface area (Å²) in [6.45, 7) is 4.30. The predicted octanol–water partition coefficient (Wildman–Crippen LogP) is 15.8. The molecule has 0 spiro atoms. The molecule has 5 heteroatoms. The van der Waals surface area contributed by atoms with Gasteiger partial charge in [-0.1, -0.05) is 194 Å². The number of hydrogen-bond acceptors (Lipinski definition) is 4. The first kappa shape index (κ1) is 41.0. The molecule has 0 saturated heterocycles. The highest BCUT2D eigenvalue weighted by atomic mass is 16.8. The van der Waals surface area contributed by atoms with E-state index in [1.165, 1.54) is 33.2 Å². The molecular formula is C63H48N4O. The Bertz CT molecular complexity index is 3490. The number of hydroxylamine groups is 1. The van der Waals surface area contributed by atoms with Crippen LogP contribution in [0, 0.1) is 0 Å². The SMILES string of the molecule is CC(C)N1ON(c2cccc(C(c3ccccc3)(c3ccccc3)c3ccc4c5ccccc5n(-c5cc(-c6c(-c7ccccc7)cccc6-c6ccccc6)ccn5)c4c3)c2)c2ccccc21. The smallest absolute Gasteiger partial charge is 0.138 e. The van der Waals surface area contributed by atoms with Gasteiger partial charge in [-0.25, -0.2) is 10.0 Å². The zero-order chi connectivity index (χ0) is 45.6. The maximum atomic E-state index is 6.68. The van der Waals surface area contributed by atoms with Crippen LogP contribution in [-0.4, -0.2) is 15.6 Å². The summed E-state index contributed by atoms with van der Waals surface area (Å²) in [6.07, 6.45) is 1.97. The van der Waals surface area contributed by atoms with E-state index in [1.54, 1.807) is 0 Å². The van der Waals surface area contributed by atoms with Crippen LogP contribution in [-0.2, 0) is 10.4 Å². The lowest BCUT2D eigenvalue weighted by atomic mass is 9.65. The van der Waals surface area contributed by atoms with Crippen molar-refractivity contribution in [2.75, 3.05) is 10.1 Å². The van der Waals surface area contributed by atoms with Crippen LogP contribution in [0.1, 0.15) is 36.1 Å². The molecular weight excluding hydrogens is 829 g/mol. The maximum Gasteiger partial charge on any atom is 0.138 e. The Labute approximate surface area is 397 Å². The van der Waals surface area contributed by atoms with E-state index >= 15 is 0 Å². The molecule has 5 nitrogen and oxygen atoms in total. The van der Waals surface area contributed by atoms with Gasteiger partial charge < -0.3 is 0 Å². The fourth-order valence-electron chi connectivity index (χ4n) is 10.5. The summed E-state index contributed by atoms with van der Waals surface area (Å²) in [7, 11) is 0. The summed E-state index contributed by atoms with van der Waals surface area (Å²) in [5.41, 5.74) is 15.9. The first-order valence-corrected chi connectivity index (χ1v) is 23.4. The van der Waals surface area contributed by atoms with Gasteiger partial charge in [0.05, 0.1) is 39.6 Å². The third-order valence-corrected chi connectivity index (χ3v) is 13.5. The number of benzene rings is 9. The third-order valence-electron chi connectivity index (χ3n) is 13.5. The second kappa shape index (κ2) is 17.0. The molecule has 3 heterocycles. The zero-order valence-corrected chi connectivity index (χ0v) is 37.9. The minimum Gasteiger partial charge on any atom is -0.294 e. The van der Waals surface area contributed by atoms with Crippen molar-refractivity contribution < 1.29 is 4.94 Å². The van der Waals surface area contributed by atoms with Crippen LogP contribution < -0.4 is 10.1 Å². The van der Waals surface area contributed by atoms with Crippen molar-refractivity contribution in [1.29, 1.82) is 0 Å². The highest BCUT2D eigenvalue weighted by Gasteiger charge is 2.40. The van der Waals surface area contributed by atoms with Crippen LogP contribution in [0.4, 0.5) is 17.1 Å². The van der Waals surface area contributed by atoms with E-state index in [0.717, 1.165) is 67.1 Å². The van der Waals surface area contributed by atoms with Crippen LogP contribution in [0.15, 0.2) is 249 Å². The van der Waals surface area contributed by atoms with Crippen molar-refractivity contribution in [3.8, 4) is 39.2 Å². The molecule has 1 aliphatic heterocycles. The van der Waals surface area contributed by atoms with Gasteiger partial charge in [-0.15, -0.1) is 4.94 Å². The van der Waals surface area contributed by atoms with E-state index in [-0.39, 0.29) is 6.04 Å². The van der Waals surface area contributed by atoms with Crippen LogP contribution in [0.5, 0.6) is 0 Å². The molecule has 68 heavy (non-hydrogen) atoms. The Morgan fingerprint density at radius 1 is 0.426 bits per heavy atom. The van der Waals surface area contributed by atoms with Gasteiger partial charge in [0.1, 0.15) is 5.82 Å². The van der Waals surface area contributed by atoms with Gasteiger partial charge in [0.2, 0.25) is 0 Å². The molecule has 0 radical (unpaired) electrons. The molecule has 1 aliphatic rings. The summed E-state index contributed by atoms with van der Waals surface area (Å²) >= 11 is 0. The first-order chi connectivity index (χ1) is 33.6. The number of rotatable bonds is 10. The van der Waals surface area contributed by atoms with Gasteiger partial charge >= 0.3 is 0 Å². The van der Waals surface area contributed by atoms with Gasteiger partial charge in [-0.2, -0.15) is 5.06 Å². The van der Waals surface area contributed by atoms with Gasteiger partial charge in [0.15, 0.2) is 0 Å². The molecule has 0 atom stereocenters. The van der Waals surface area contributed by atoms with Crippen molar-refractivity contribution in [1.82, 2.24) is 9.55 Å². The fraction of sp³-hybridized carbons (Fsp3) is 0.0635. The largest absolute Gasteiger partial charge is 0.294 e. The van der Waals surface area contributed by atoms with Crippen LogP contribution in [0.25, 0.3) is 61.0 Å². The number of hydrogen-bond donors (Lipinski definition) is 0. The summed E-state index contributed by atoms with van der Waals surface area (Å²) in [4.78, 5) is 11.9. The van der Waals surface area contributed by atoms with E-state index in [0.29, 0.717) is 0 Å². The number of fused-ring (bicyclic) bond motifs is 4. The van der Waals surface area contributed by atoms with Gasteiger partial charge in [-0.05, 0) is 118 Å². The van der Waals surface area contributed by atoms with Gasteiger partial charge in [0.25, 0.3) is 0 Å². The van der Waals surface area contributed by atoms with Crippen molar-refractivity contribution in [2.24, 2.45) is 0 Å². The summed E-state index contributed by atoms with van der Waals surface area (Å²) in [6, 6.07) is 87.5. The van der Waals surface area contributed by atoms with Crippen molar-refractivity contribution in [2.45, 2.75) is 25.3 Å². The quantitative estimate of drug-likeness (QED) is 0.128. The van der Waals surface area contributed by atoms with Crippen molar-refractivity contribution >= 4 is 38.9 Å². The normalized spacial score (nSPS) is 12.6. The van der Waals surface area contributed by atoms with Crippen molar-refractivity contribution in [3.05, 3.63) is 271 Å². The van der Waals surface area contributed by atoms with Crippen LogP contribution in [0.3, 0.4) is 0 Å². The van der Waals surface area contributed by atoms with E-state index in [9.17, 15) is 0 Å². The second-order valence-corrected chi connectivity index (χ2v) is 17.8. The number of nitrogens with zero attached hydrogens (tertiary/aromatic N) is 4. The van der Waals surface area contributed by atoms with E-state index in [2.05, 4.69) is 261 Å². The Kier molecular flexibility index (Phi) is 10.3. The highest BCUT2D eigenvalue weighted by molar-refractivity contribution is 6.09. The molecule has 0 fully saturated rings. The fourth-order valence-corrected chi connectivity index (χ4v) is 10.5. The summed E-state index contributed by atoms with van der Waals surface area (Å²) in [5.74, 6) is 0.847. The summed E-state index contributed by atoms with van der Waals surface area (Å²) < 4.78 is 2.36. The molecule has 0 N–H and O–H groups in total. The molecule has 11 aromatic rings. The lowest BCUT2D eigenvalue weighted by Crippen LogP contribution is -2.32. The Morgan fingerprint density at radius 3 is 1.63 bits per heavy atom. The second-order valence-electron chi connectivity index (χ2n) is 17.8. The van der Waals surface area contributed by atoms with E-state index in [1.807, 2.05) is 16.3 Å². The molecule has 0 aliphatic carbocycles. The van der Waals surface area contributed by atoms with Crippen molar-refractivity contribution in [3.63, 3.8) is 0 Å².